The second-order valence-corrected chi connectivity index (χ2v) is 6.31. The summed E-state index contributed by atoms with van der Waals surface area (Å²) in [5.41, 5.74) is 7.22. The lowest BCUT2D eigenvalue weighted by Gasteiger charge is -2.17. The lowest BCUT2D eigenvalue weighted by Crippen LogP contribution is -2.08. The van der Waals surface area contributed by atoms with E-state index in [1.54, 1.807) is 0 Å². The molecule has 132 valence electrons. The number of carbonyl (C=O) groups excluding carboxylic acids is 1. The van der Waals surface area contributed by atoms with Crippen molar-refractivity contribution >= 4 is 5.97 Å². The monoisotopic (exact) mass is 344 g/mol. The largest absolute Gasteiger partial charge is 0.462 e. The van der Waals surface area contributed by atoms with Crippen LogP contribution in [0.5, 0.6) is 0 Å². The highest BCUT2D eigenvalue weighted by molar-refractivity contribution is 5.99. The van der Waals surface area contributed by atoms with E-state index in [-0.39, 0.29) is 5.97 Å². The molecular formula is C24H24O2. The summed E-state index contributed by atoms with van der Waals surface area (Å²) in [5, 5.41) is 0. The molecule has 0 aliphatic rings. The van der Waals surface area contributed by atoms with Gasteiger partial charge in [-0.15, -0.1) is 0 Å². The van der Waals surface area contributed by atoms with Crippen LogP contribution in [-0.4, -0.2) is 12.6 Å². The summed E-state index contributed by atoms with van der Waals surface area (Å²) in [6, 6.07) is 22.5. The minimum atomic E-state index is -0.273. The van der Waals surface area contributed by atoms with Gasteiger partial charge >= 0.3 is 5.97 Å². The van der Waals surface area contributed by atoms with Crippen molar-refractivity contribution in [3.63, 3.8) is 0 Å². The Hall–Kier alpha value is -2.87. The number of carbonyl (C=O) groups is 1. The molecule has 0 bridgehead atoms. The fourth-order valence-electron chi connectivity index (χ4n) is 3.30. The molecule has 0 unspecified atom stereocenters. The molecular weight excluding hydrogens is 320 g/mol. The maximum absolute atomic E-state index is 12.7. The molecule has 2 nitrogen and oxygen atoms in total. The molecule has 0 saturated heterocycles. The number of esters is 1. The van der Waals surface area contributed by atoms with Crippen molar-refractivity contribution in [2.45, 2.75) is 27.2 Å². The zero-order valence-electron chi connectivity index (χ0n) is 15.6. The van der Waals surface area contributed by atoms with Gasteiger partial charge in [-0.25, -0.2) is 4.79 Å². The first kappa shape index (κ1) is 17.9. The van der Waals surface area contributed by atoms with Crippen LogP contribution >= 0.6 is 0 Å². The predicted molar refractivity (Wildman–Crippen MR) is 107 cm³/mol. The summed E-state index contributed by atoms with van der Waals surface area (Å²) in [6.07, 6.45) is 0.895. The van der Waals surface area contributed by atoms with Crippen LogP contribution in [0, 0.1) is 6.92 Å². The molecule has 0 N–H and O–H groups in total. The minimum Gasteiger partial charge on any atom is -0.462 e. The molecule has 0 aliphatic heterocycles. The Bertz CT molecular complexity index is 911. The smallest absolute Gasteiger partial charge is 0.338 e. The van der Waals surface area contributed by atoms with Crippen molar-refractivity contribution in [2.24, 2.45) is 0 Å². The average molecular weight is 344 g/mol. The maximum Gasteiger partial charge on any atom is 0.338 e. The second kappa shape index (κ2) is 8.01. The zero-order chi connectivity index (χ0) is 18.5. The second-order valence-electron chi connectivity index (χ2n) is 6.31. The predicted octanol–water partition coefficient (Wildman–Crippen LogP) is 6.07. The number of aryl methyl sites for hydroxylation is 2. The maximum atomic E-state index is 12.7. The van der Waals surface area contributed by atoms with Gasteiger partial charge in [-0.1, -0.05) is 61.5 Å². The minimum absolute atomic E-state index is 0.273. The van der Waals surface area contributed by atoms with Gasteiger partial charge in [-0.3, -0.25) is 0 Å². The van der Waals surface area contributed by atoms with Gasteiger partial charge in [0.2, 0.25) is 0 Å². The van der Waals surface area contributed by atoms with Crippen LogP contribution in [0.15, 0.2) is 66.7 Å². The van der Waals surface area contributed by atoms with Crippen LogP contribution in [0.25, 0.3) is 22.3 Å². The molecule has 0 fully saturated rings. The molecule has 0 heterocycles. The van der Waals surface area contributed by atoms with Crippen molar-refractivity contribution in [1.29, 1.82) is 0 Å². The summed E-state index contributed by atoms with van der Waals surface area (Å²) in [4.78, 5) is 12.7. The SMILES string of the molecule is CCOC(=O)c1cc(-c2ccccc2)c(CC)cc1-c1ccccc1C. The van der Waals surface area contributed by atoms with Crippen LogP contribution in [0.1, 0.15) is 35.3 Å². The normalized spacial score (nSPS) is 10.6. The Morgan fingerprint density at radius 2 is 1.54 bits per heavy atom. The van der Waals surface area contributed by atoms with Crippen molar-refractivity contribution in [3.05, 3.63) is 83.4 Å². The van der Waals surface area contributed by atoms with Gasteiger partial charge < -0.3 is 4.74 Å². The fourth-order valence-corrected chi connectivity index (χ4v) is 3.30. The Labute approximate surface area is 155 Å². The van der Waals surface area contributed by atoms with Crippen LogP contribution in [0.4, 0.5) is 0 Å². The average Bonchev–Trinajstić information content (AvgIpc) is 2.68. The molecule has 26 heavy (non-hydrogen) atoms. The Morgan fingerprint density at radius 3 is 2.19 bits per heavy atom. The molecule has 0 saturated carbocycles. The summed E-state index contributed by atoms with van der Waals surface area (Å²) in [7, 11) is 0. The van der Waals surface area contributed by atoms with E-state index < -0.39 is 0 Å². The molecule has 3 aromatic rings. The summed E-state index contributed by atoms with van der Waals surface area (Å²) >= 11 is 0. The number of benzene rings is 3. The third-order valence-electron chi connectivity index (χ3n) is 4.64. The molecule has 0 aliphatic carbocycles. The Balaban J connectivity index is 2.27. The van der Waals surface area contributed by atoms with Crippen LogP contribution in [0.2, 0.25) is 0 Å². The highest BCUT2D eigenvalue weighted by Gasteiger charge is 2.19. The lowest BCUT2D eigenvalue weighted by molar-refractivity contribution is 0.0527. The van der Waals surface area contributed by atoms with Gasteiger partial charge in [-0.2, -0.15) is 0 Å². The Morgan fingerprint density at radius 1 is 0.846 bits per heavy atom. The zero-order valence-corrected chi connectivity index (χ0v) is 15.6. The van der Waals surface area contributed by atoms with Crippen molar-refractivity contribution in [1.82, 2.24) is 0 Å². The molecule has 0 atom stereocenters. The van der Waals surface area contributed by atoms with Gasteiger partial charge in [0.05, 0.1) is 12.2 Å². The van der Waals surface area contributed by atoms with Gasteiger partial charge in [-0.05, 0) is 65.8 Å². The van der Waals surface area contributed by atoms with Crippen LogP contribution in [0.3, 0.4) is 0 Å². The summed E-state index contributed by atoms with van der Waals surface area (Å²) in [6.45, 7) is 6.42. The van der Waals surface area contributed by atoms with Gasteiger partial charge in [0.1, 0.15) is 0 Å². The van der Waals surface area contributed by atoms with Crippen molar-refractivity contribution in [2.75, 3.05) is 6.61 Å². The Kier molecular flexibility index (Phi) is 5.52. The quantitative estimate of drug-likeness (QED) is 0.525. The van der Waals surface area contributed by atoms with E-state index in [9.17, 15) is 4.79 Å². The summed E-state index contributed by atoms with van der Waals surface area (Å²) < 4.78 is 5.36. The van der Waals surface area contributed by atoms with Gasteiger partial charge in [0.15, 0.2) is 0 Å². The first-order chi connectivity index (χ1) is 12.7. The summed E-state index contributed by atoms with van der Waals surface area (Å²) in [5.74, 6) is -0.273. The number of rotatable bonds is 5. The third kappa shape index (κ3) is 3.55. The molecule has 0 aromatic heterocycles. The van der Waals surface area contributed by atoms with Gasteiger partial charge in [0.25, 0.3) is 0 Å². The van der Waals surface area contributed by atoms with E-state index in [4.69, 9.17) is 4.74 Å². The topological polar surface area (TPSA) is 26.3 Å². The molecule has 0 spiro atoms. The van der Waals surface area contributed by atoms with E-state index >= 15 is 0 Å². The molecule has 3 rings (SSSR count). The number of ether oxygens (including phenoxy) is 1. The standard InChI is InChI=1S/C24H24O2/c1-4-18-15-22(20-14-10-9-11-17(20)3)23(24(25)26-5-2)16-21(18)19-12-7-6-8-13-19/h6-16H,4-5H2,1-3H3. The third-order valence-corrected chi connectivity index (χ3v) is 4.64. The fraction of sp³-hybridized carbons (Fsp3) is 0.208. The first-order valence-corrected chi connectivity index (χ1v) is 9.11. The highest BCUT2D eigenvalue weighted by Crippen LogP contribution is 2.34. The number of hydrogen-bond acceptors (Lipinski definition) is 2. The van der Waals surface area contributed by atoms with Crippen LogP contribution in [-0.2, 0) is 11.2 Å². The van der Waals surface area contributed by atoms with E-state index in [1.165, 1.54) is 5.56 Å². The van der Waals surface area contributed by atoms with Crippen molar-refractivity contribution in [3.8, 4) is 22.3 Å². The van der Waals surface area contributed by atoms with E-state index in [0.717, 1.165) is 34.2 Å². The lowest BCUT2D eigenvalue weighted by atomic mass is 9.88. The van der Waals surface area contributed by atoms with E-state index in [2.05, 4.69) is 44.2 Å². The molecule has 0 amide bonds. The highest BCUT2D eigenvalue weighted by atomic mass is 16.5. The van der Waals surface area contributed by atoms with Crippen molar-refractivity contribution < 1.29 is 9.53 Å². The van der Waals surface area contributed by atoms with E-state index in [1.807, 2.05) is 43.3 Å². The van der Waals surface area contributed by atoms with E-state index in [0.29, 0.717) is 12.2 Å². The molecule has 0 radical (unpaired) electrons. The first-order valence-electron chi connectivity index (χ1n) is 9.11. The molecule has 2 heteroatoms. The number of hydrogen-bond donors (Lipinski definition) is 0. The van der Waals surface area contributed by atoms with Gasteiger partial charge in [0, 0.05) is 0 Å². The molecule has 3 aromatic carbocycles. The van der Waals surface area contributed by atoms with Crippen LogP contribution < -0.4 is 0 Å².